The number of nitrogens with one attached hydrogen (secondary N) is 1. The van der Waals surface area contributed by atoms with E-state index >= 15 is 0 Å². The summed E-state index contributed by atoms with van der Waals surface area (Å²) in [5.74, 6) is 2.32. The number of hydrogen-bond acceptors (Lipinski definition) is 3. The summed E-state index contributed by atoms with van der Waals surface area (Å²) in [7, 11) is 1.70. The van der Waals surface area contributed by atoms with E-state index in [9.17, 15) is 4.79 Å². The predicted molar refractivity (Wildman–Crippen MR) is 143 cm³/mol. The normalized spacial score (nSPS) is 22.4. The van der Waals surface area contributed by atoms with Crippen LogP contribution in [0, 0.1) is 17.8 Å². The van der Waals surface area contributed by atoms with Crippen molar-refractivity contribution in [1.82, 2.24) is 5.32 Å². The van der Waals surface area contributed by atoms with Crippen molar-refractivity contribution in [3.05, 3.63) is 53.3 Å². The van der Waals surface area contributed by atoms with Gasteiger partial charge in [-0.3, -0.25) is 4.79 Å². The maximum Gasteiger partial charge on any atom is 0.146 e. The molecule has 0 saturated heterocycles. The molecule has 186 valence electrons. The Bertz CT molecular complexity index is 762. The van der Waals surface area contributed by atoms with Crippen molar-refractivity contribution in [3.63, 3.8) is 0 Å². The van der Waals surface area contributed by atoms with Crippen molar-refractivity contribution in [2.45, 2.75) is 99.5 Å². The topological polar surface area (TPSA) is 38.3 Å². The molecule has 33 heavy (non-hydrogen) atoms. The molecular weight excluding hydrogens is 406 g/mol. The third-order valence-corrected chi connectivity index (χ3v) is 6.93. The number of benzene rings is 1. The summed E-state index contributed by atoms with van der Waals surface area (Å²) in [5, 5.41) is 3.79. The Kier molecular flexibility index (Phi) is 13.2. The summed E-state index contributed by atoms with van der Waals surface area (Å²) < 4.78 is 5.32. The van der Waals surface area contributed by atoms with Crippen molar-refractivity contribution < 1.29 is 9.53 Å². The molecule has 0 bridgehead atoms. The first-order chi connectivity index (χ1) is 16.0. The fraction of sp³-hybridized carbons (Fsp3) is 0.633. The third-order valence-electron chi connectivity index (χ3n) is 6.93. The minimum absolute atomic E-state index is 0.00900. The summed E-state index contributed by atoms with van der Waals surface area (Å²) in [4.78, 5) is 12.7. The van der Waals surface area contributed by atoms with Gasteiger partial charge in [0.15, 0.2) is 0 Å². The van der Waals surface area contributed by atoms with Crippen LogP contribution in [0.15, 0.2) is 47.7 Å². The Morgan fingerprint density at radius 3 is 2.24 bits per heavy atom. The van der Waals surface area contributed by atoms with Crippen molar-refractivity contribution in [1.29, 1.82) is 0 Å². The molecule has 4 unspecified atom stereocenters. The summed E-state index contributed by atoms with van der Waals surface area (Å²) in [6.45, 7) is 19.1. The molecular formula is C30H49NO2. The quantitative estimate of drug-likeness (QED) is 0.411. The molecule has 0 aromatic heterocycles. The van der Waals surface area contributed by atoms with Crippen LogP contribution in [0.2, 0.25) is 0 Å². The van der Waals surface area contributed by atoms with Crippen LogP contribution in [0.5, 0.6) is 5.75 Å². The van der Waals surface area contributed by atoms with Crippen LogP contribution in [-0.4, -0.2) is 18.9 Å². The molecule has 3 nitrogen and oxygen atoms in total. The van der Waals surface area contributed by atoms with Gasteiger partial charge in [0, 0.05) is 30.0 Å². The molecule has 1 aromatic rings. The first-order valence-electron chi connectivity index (χ1n) is 13.4. The van der Waals surface area contributed by atoms with Crippen molar-refractivity contribution in [2.75, 3.05) is 7.11 Å². The molecule has 1 aliphatic carbocycles. The second-order valence-electron chi connectivity index (χ2n) is 8.73. The molecule has 0 radical (unpaired) electrons. The molecule has 3 rings (SSSR count). The number of allylic oxidation sites excluding steroid dienone is 2. The van der Waals surface area contributed by atoms with Crippen LogP contribution in [0.3, 0.4) is 0 Å². The van der Waals surface area contributed by atoms with Gasteiger partial charge in [0.05, 0.1) is 7.11 Å². The number of methoxy groups -OCH3 is 1. The highest BCUT2D eigenvalue weighted by Gasteiger charge is 2.42. The monoisotopic (exact) mass is 455 g/mol. The number of rotatable bonds is 9. The lowest BCUT2D eigenvalue weighted by atomic mass is 9.73. The first kappa shape index (κ1) is 29.0. The predicted octanol–water partition coefficient (Wildman–Crippen LogP) is 7.90. The number of Topliss-reactive ketones (excluding diaryl/α,β-unsaturated/α-hetero) is 1. The Labute approximate surface area is 204 Å². The zero-order chi connectivity index (χ0) is 25.0. The van der Waals surface area contributed by atoms with Gasteiger partial charge >= 0.3 is 0 Å². The Morgan fingerprint density at radius 1 is 1.09 bits per heavy atom. The van der Waals surface area contributed by atoms with Crippen LogP contribution in [-0.2, 0) is 11.2 Å². The minimum atomic E-state index is -0.00900. The van der Waals surface area contributed by atoms with Crippen molar-refractivity contribution in [2.24, 2.45) is 17.8 Å². The van der Waals surface area contributed by atoms with E-state index in [4.69, 9.17) is 4.74 Å². The first-order valence-corrected chi connectivity index (χ1v) is 13.4. The van der Waals surface area contributed by atoms with E-state index in [0.29, 0.717) is 24.2 Å². The Balaban J connectivity index is 0.00000129. The molecule has 0 saturated carbocycles. The maximum atomic E-state index is 12.7. The van der Waals surface area contributed by atoms with Gasteiger partial charge in [-0.15, -0.1) is 0 Å². The lowest BCUT2D eigenvalue weighted by Gasteiger charge is -2.29. The smallest absolute Gasteiger partial charge is 0.146 e. The van der Waals surface area contributed by atoms with Crippen LogP contribution in [0.25, 0.3) is 0 Å². The van der Waals surface area contributed by atoms with E-state index in [-0.39, 0.29) is 5.92 Å². The largest absolute Gasteiger partial charge is 0.497 e. The van der Waals surface area contributed by atoms with Crippen LogP contribution >= 0.6 is 0 Å². The van der Waals surface area contributed by atoms with E-state index in [0.717, 1.165) is 42.2 Å². The summed E-state index contributed by atoms with van der Waals surface area (Å²) in [5.41, 5.74) is 4.89. The number of ether oxygens (including phenoxy) is 1. The van der Waals surface area contributed by atoms with E-state index < -0.39 is 0 Å². The van der Waals surface area contributed by atoms with E-state index in [1.165, 1.54) is 30.4 Å². The number of ketones is 1. The van der Waals surface area contributed by atoms with E-state index in [1.807, 2.05) is 39.8 Å². The van der Waals surface area contributed by atoms with Crippen molar-refractivity contribution >= 4 is 5.78 Å². The van der Waals surface area contributed by atoms with Gasteiger partial charge in [-0.05, 0) is 54.0 Å². The Morgan fingerprint density at radius 2 is 1.73 bits per heavy atom. The fourth-order valence-corrected chi connectivity index (χ4v) is 5.30. The lowest BCUT2D eigenvalue weighted by Crippen LogP contribution is -2.32. The molecule has 4 atom stereocenters. The van der Waals surface area contributed by atoms with Crippen LogP contribution in [0.4, 0.5) is 0 Å². The van der Waals surface area contributed by atoms with Gasteiger partial charge in [-0.25, -0.2) is 0 Å². The fourth-order valence-electron chi connectivity index (χ4n) is 5.30. The van der Waals surface area contributed by atoms with Crippen LogP contribution in [0.1, 0.15) is 92.6 Å². The van der Waals surface area contributed by atoms with E-state index in [2.05, 4.69) is 44.8 Å². The van der Waals surface area contributed by atoms with Gasteiger partial charge in [-0.1, -0.05) is 86.4 Å². The zero-order valence-corrected chi connectivity index (χ0v) is 22.6. The number of carbonyl (C=O) groups is 1. The summed E-state index contributed by atoms with van der Waals surface area (Å²) >= 11 is 0. The van der Waals surface area contributed by atoms with Gasteiger partial charge < -0.3 is 10.1 Å². The molecule has 1 aromatic carbocycles. The zero-order valence-electron chi connectivity index (χ0n) is 22.6. The summed E-state index contributed by atoms with van der Waals surface area (Å²) in [6.07, 6.45) is 7.25. The highest BCUT2D eigenvalue weighted by Crippen LogP contribution is 2.44. The molecule has 1 heterocycles. The van der Waals surface area contributed by atoms with E-state index in [1.54, 1.807) is 7.11 Å². The van der Waals surface area contributed by atoms with Gasteiger partial charge in [-0.2, -0.15) is 0 Å². The molecule has 3 heteroatoms. The molecule has 2 aliphatic rings. The highest BCUT2D eigenvalue weighted by molar-refractivity contribution is 5.89. The molecule has 1 N–H and O–H groups in total. The average Bonchev–Trinajstić information content (AvgIpc) is 3.18. The minimum Gasteiger partial charge on any atom is -0.497 e. The second kappa shape index (κ2) is 15.0. The van der Waals surface area contributed by atoms with Crippen LogP contribution < -0.4 is 10.1 Å². The second-order valence-corrected chi connectivity index (χ2v) is 8.73. The highest BCUT2D eigenvalue weighted by atomic mass is 16.5. The lowest BCUT2D eigenvalue weighted by molar-refractivity contribution is -0.121. The Hall–Kier alpha value is -2.03. The number of carbonyl (C=O) groups excluding carboxylic acids is 1. The average molecular weight is 456 g/mol. The molecule has 0 spiro atoms. The molecule has 1 aliphatic heterocycles. The molecule has 0 amide bonds. The van der Waals surface area contributed by atoms with Gasteiger partial charge in [0.25, 0.3) is 0 Å². The third kappa shape index (κ3) is 7.22. The summed E-state index contributed by atoms with van der Waals surface area (Å²) in [6, 6.07) is 8.82. The standard InChI is InChI=1S/C26H37NO2.2C2H6/c1-6-9-18(7-2)15-23-22(14-19-10-12-20(29-5)13-11-19)26-17(4)21(8-3)25(28)16-24(26)27-23;2*1-2/h10-13,18,21-23,27H,4,6-9,14-16H2,1-3,5H3;2*1-2H3. The van der Waals surface area contributed by atoms with Gasteiger partial charge in [0.2, 0.25) is 0 Å². The van der Waals surface area contributed by atoms with Gasteiger partial charge in [0.1, 0.15) is 11.5 Å². The number of hydrogen-bond donors (Lipinski definition) is 1. The van der Waals surface area contributed by atoms with Crippen molar-refractivity contribution in [3.8, 4) is 5.75 Å². The SMILES string of the molecule is C=C1C2=C(CC(=O)C1CC)NC(CC(CC)CCC)C2Cc1ccc(OC)cc1.CC.CC. The maximum absolute atomic E-state index is 12.7. The molecule has 0 fully saturated rings.